The minimum Gasteiger partial charge on any atom is -0.396 e. The molecular weight excluding hydrogens is 182 g/mol. The highest BCUT2D eigenvalue weighted by molar-refractivity contribution is 5.20. The molecule has 0 amide bonds. The van der Waals surface area contributed by atoms with Crippen LogP contribution in [0, 0.1) is 0 Å². The highest BCUT2D eigenvalue weighted by atomic mass is 16.2. The molecule has 0 aliphatic carbocycles. The third kappa shape index (κ3) is 3.69. The molecule has 0 saturated carbocycles. The Bertz CT molecular complexity index is 250. The Balaban J connectivity index is 2.02. The number of nitrogens with zero attached hydrogens (tertiary/aromatic N) is 4. The molecule has 0 radical (unpaired) electrons. The lowest BCUT2D eigenvalue weighted by Gasteiger charge is -2.02. The number of tetrazole rings is 1. The van der Waals surface area contributed by atoms with Gasteiger partial charge in [-0.15, -0.1) is 0 Å². The zero-order valence-electron chi connectivity index (χ0n) is 8.48. The van der Waals surface area contributed by atoms with Gasteiger partial charge in [-0.25, -0.2) is 4.68 Å². The van der Waals surface area contributed by atoms with Crippen molar-refractivity contribution in [3.8, 4) is 0 Å². The van der Waals surface area contributed by atoms with Crippen molar-refractivity contribution >= 4 is 5.95 Å². The lowest BCUT2D eigenvalue weighted by Crippen LogP contribution is -2.07. The van der Waals surface area contributed by atoms with E-state index in [-0.39, 0.29) is 0 Å². The third-order valence-electron chi connectivity index (χ3n) is 1.99. The summed E-state index contributed by atoms with van der Waals surface area (Å²) < 4.78 is 1.60. The molecule has 0 fully saturated rings. The Kier molecular flexibility index (Phi) is 4.92. The number of hydrogen-bond acceptors (Lipinski definition) is 5. The third-order valence-corrected chi connectivity index (χ3v) is 1.99. The van der Waals surface area contributed by atoms with Crippen LogP contribution >= 0.6 is 0 Å². The maximum absolute atomic E-state index is 8.56. The lowest BCUT2D eigenvalue weighted by atomic mass is 10.2. The van der Waals surface area contributed by atoms with Gasteiger partial charge in [-0.2, -0.15) is 0 Å². The van der Waals surface area contributed by atoms with Crippen molar-refractivity contribution in [3.05, 3.63) is 0 Å². The predicted octanol–water partition coefficient (Wildman–Crippen LogP) is 0.175. The summed E-state index contributed by atoms with van der Waals surface area (Å²) in [6.07, 6.45) is 4.17. The molecule has 1 heterocycles. The Morgan fingerprint density at radius 1 is 1.29 bits per heavy atom. The van der Waals surface area contributed by atoms with Gasteiger partial charge in [0.1, 0.15) is 0 Å². The molecule has 0 bridgehead atoms. The number of aliphatic hydroxyl groups excluding tert-OH is 1. The van der Waals surface area contributed by atoms with Gasteiger partial charge in [0, 0.05) is 20.2 Å². The topological polar surface area (TPSA) is 75.9 Å². The van der Waals surface area contributed by atoms with Gasteiger partial charge in [0.05, 0.1) is 0 Å². The molecule has 0 saturated heterocycles. The Hall–Kier alpha value is -1.17. The summed E-state index contributed by atoms with van der Waals surface area (Å²) in [5.41, 5.74) is 0. The second-order valence-electron chi connectivity index (χ2n) is 3.19. The van der Waals surface area contributed by atoms with Gasteiger partial charge in [-0.3, -0.25) is 0 Å². The largest absolute Gasteiger partial charge is 0.396 e. The Morgan fingerprint density at radius 3 is 2.71 bits per heavy atom. The molecule has 0 aromatic carbocycles. The average Bonchev–Trinajstić information content (AvgIpc) is 2.58. The van der Waals surface area contributed by atoms with E-state index in [9.17, 15) is 0 Å². The number of anilines is 1. The van der Waals surface area contributed by atoms with Crippen molar-refractivity contribution in [1.82, 2.24) is 20.2 Å². The van der Waals surface area contributed by atoms with Crippen LogP contribution in [-0.4, -0.2) is 38.5 Å². The number of aromatic nitrogens is 4. The van der Waals surface area contributed by atoms with Crippen molar-refractivity contribution in [2.24, 2.45) is 7.05 Å². The zero-order chi connectivity index (χ0) is 10.2. The van der Waals surface area contributed by atoms with Crippen molar-refractivity contribution in [2.45, 2.75) is 25.7 Å². The lowest BCUT2D eigenvalue weighted by molar-refractivity contribution is 0.283. The zero-order valence-corrected chi connectivity index (χ0v) is 8.48. The van der Waals surface area contributed by atoms with E-state index in [2.05, 4.69) is 20.8 Å². The fraction of sp³-hybridized carbons (Fsp3) is 0.875. The fourth-order valence-electron chi connectivity index (χ4n) is 1.17. The van der Waals surface area contributed by atoms with Gasteiger partial charge >= 0.3 is 0 Å². The fourth-order valence-corrected chi connectivity index (χ4v) is 1.17. The van der Waals surface area contributed by atoms with Crippen molar-refractivity contribution in [2.75, 3.05) is 18.5 Å². The van der Waals surface area contributed by atoms with Gasteiger partial charge in [0.2, 0.25) is 5.95 Å². The van der Waals surface area contributed by atoms with Gasteiger partial charge in [-0.05, 0) is 23.3 Å². The van der Waals surface area contributed by atoms with Gasteiger partial charge in [0.25, 0.3) is 0 Å². The molecule has 0 spiro atoms. The summed E-state index contributed by atoms with van der Waals surface area (Å²) in [7, 11) is 1.80. The van der Waals surface area contributed by atoms with Crippen LogP contribution in [0.15, 0.2) is 0 Å². The van der Waals surface area contributed by atoms with Crippen molar-refractivity contribution < 1.29 is 5.11 Å². The summed E-state index contributed by atoms with van der Waals surface area (Å²) in [6.45, 7) is 1.17. The van der Waals surface area contributed by atoms with E-state index in [4.69, 9.17) is 5.11 Å². The van der Waals surface area contributed by atoms with Crippen LogP contribution in [0.2, 0.25) is 0 Å². The standard InChI is InChI=1S/C8H17N5O/c1-13-8(10-11-12-13)9-6-4-2-3-5-7-14/h14H,2-7H2,1H3,(H,9,10,12). The molecule has 0 atom stereocenters. The smallest absolute Gasteiger partial charge is 0.242 e. The van der Waals surface area contributed by atoms with E-state index < -0.39 is 0 Å². The van der Waals surface area contributed by atoms with Crippen molar-refractivity contribution in [3.63, 3.8) is 0 Å². The summed E-state index contributed by atoms with van der Waals surface area (Å²) in [5, 5.41) is 22.7. The Morgan fingerprint density at radius 2 is 2.07 bits per heavy atom. The van der Waals surface area contributed by atoms with Crippen LogP contribution in [0.1, 0.15) is 25.7 Å². The predicted molar refractivity (Wildman–Crippen MR) is 52.8 cm³/mol. The number of hydrogen-bond donors (Lipinski definition) is 2. The van der Waals surface area contributed by atoms with Crippen LogP contribution in [-0.2, 0) is 7.05 Å². The Labute approximate surface area is 83.3 Å². The van der Waals surface area contributed by atoms with Crippen molar-refractivity contribution in [1.29, 1.82) is 0 Å². The highest BCUT2D eigenvalue weighted by Crippen LogP contribution is 2.01. The molecule has 1 aromatic heterocycles. The van der Waals surface area contributed by atoms with Crippen LogP contribution in [0.5, 0.6) is 0 Å². The van der Waals surface area contributed by atoms with E-state index in [0.717, 1.165) is 32.2 Å². The number of aryl methyl sites for hydroxylation is 1. The first-order valence-electron chi connectivity index (χ1n) is 4.91. The first-order chi connectivity index (χ1) is 6.84. The van der Waals surface area contributed by atoms with E-state index in [0.29, 0.717) is 12.6 Å². The van der Waals surface area contributed by atoms with E-state index in [1.54, 1.807) is 11.7 Å². The summed E-state index contributed by atoms with van der Waals surface area (Å²) >= 11 is 0. The van der Waals surface area contributed by atoms with E-state index in [1.807, 2.05) is 0 Å². The molecule has 6 heteroatoms. The molecule has 14 heavy (non-hydrogen) atoms. The van der Waals surface area contributed by atoms with E-state index in [1.165, 1.54) is 0 Å². The summed E-state index contributed by atoms with van der Waals surface area (Å²) in [4.78, 5) is 0. The van der Waals surface area contributed by atoms with Gasteiger partial charge in [-0.1, -0.05) is 17.9 Å². The number of rotatable bonds is 7. The first kappa shape index (κ1) is 10.9. The minimum atomic E-state index is 0.292. The monoisotopic (exact) mass is 199 g/mol. The minimum absolute atomic E-state index is 0.292. The number of aliphatic hydroxyl groups is 1. The average molecular weight is 199 g/mol. The molecule has 80 valence electrons. The SMILES string of the molecule is Cn1nnnc1NCCCCCCO. The normalized spacial score (nSPS) is 10.4. The maximum Gasteiger partial charge on any atom is 0.242 e. The van der Waals surface area contributed by atoms with Gasteiger partial charge < -0.3 is 10.4 Å². The number of nitrogens with one attached hydrogen (secondary N) is 1. The number of unbranched alkanes of at least 4 members (excludes halogenated alkanes) is 3. The molecule has 1 aromatic rings. The van der Waals surface area contributed by atoms with Crippen LogP contribution in [0.4, 0.5) is 5.95 Å². The first-order valence-corrected chi connectivity index (χ1v) is 4.91. The summed E-state index contributed by atoms with van der Waals surface area (Å²) in [6, 6.07) is 0. The van der Waals surface area contributed by atoms with Gasteiger partial charge in [0.15, 0.2) is 0 Å². The highest BCUT2D eigenvalue weighted by Gasteiger charge is 1.98. The second-order valence-corrected chi connectivity index (χ2v) is 3.19. The maximum atomic E-state index is 8.56. The molecule has 6 nitrogen and oxygen atoms in total. The molecule has 0 unspecified atom stereocenters. The molecular formula is C8H17N5O. The van der Waals surface area contributed by atoms with Crippen LogP contribution < -0.4 is 5.32 Å². The molecule has 1 rings (SSSR count). The molecule has 0 aliphatic heterocycles. The molecule has 2 N–H and O–H groups in total. The second kappa shape index (κ2) is 6.31. The van der Waals surface area contributed by atoms with E-state index >= 15 is 0 Å². The van der Waals surface area contributed by atoms with Crippen LogP contribution in [0.25, 0.3) is 0 Å². The summed E-state index contributed by atoms with van der Waals surface area (Å²) in [5.74, 6) is 0.701. The molecule has 0 aliphatic rings. The van der Waals surface area contributed by atoms with Crippen LogP contribution in [0.3, 0.4) is 0 Å². The quantitative estimate of drug-likeness (QED) is 0.612.